The summed E-state index contributed by atoms with van der Waals surface area (Å²) in [4.78, 5) is 15.1. The fourth-order valence-electron chi connectivity index (χ4n) is 4.58. The highest BCUT2D eigenvalue weighted by Gasteiger charge is 2.55. The van der Waals surface area contributed by atoms with Gasteiger partial charge in [0.05, 0.1) is 19.2 Å². The number of benzene rings is 2. The number of methoxy groups -OCH3 is 1. The van der Waals surface area contributed by atoms with Gasteiger partial charge in [-0.2, -0.15) is 0 Å². The minimum absolute atomic E-state index is 0.0276. The van der Waals surface area contributed by atoms with Crippen molar-refractivity contribution in [3.8, 4) is 11.5 Å². The molecule has 0 aliphatic carbocycles. The largest absolute Gasteiger partial charge is 0.508 e. The molecule has 2 heterocycles. The van der Waals surface area contributed by atoms with E-state index in [1.54, 1.807) is 13.2 Å². The first-order valence-electron chi connectivity index (χ1n) is 9.80. The second-order valence-corrected chi connectivity index (χ2v) is 7.63. The first-order valence-corrected chi connectivity index (χ1v) is 9.80. The molecular formula is C22H27N3O3. The van der Waals surface area contributed by atoms with E-state index in [-0.39, 0.29) is 35.7 Å². The minimum Gasteiger partial charge on any atom is -0.508 e. The van der Waals surface area contributed by atoms with Gasteiger partial charge in [0.1, 0.15) is 17.5 Å². The van der Waals surface area contributed by atoms with Gasteiger partial charge in [-0.1, -0.05) is 36.8 Å². The van der Waals surface area contributed by atoms with Gasteiger partial charge in [-0.05, 0) is 37.1 Å². The number of hydrazine groups is 1. The molecule has 0 spiro atoms. The smallest absolute Gasteiger partial charge is 0.242 e. The van der Waals surface area contributed by atoms with Crippen molar-refractivity contribution in [1.82, 2.24) is 15.8 Å². The average Bonchev–Trinajstić information content (AvgIpc) is 3.24. The summed E-state index contributed by atoms with van der Waals surface area (Å²) in [5.41, 5.74) is 9.46. The number of aryl methyl sites for hydroxylation is 1. The second-order valence-electron chi connectivity index (χ2n) is 7.63. The SMILES string of the molecule is CCCN1C(=O)C2NNC(c3cc(C)ccc3O)C2C1c1ccc(OC)cc1. The third-order valence-corrected chi connectivity index (χ3v) is 5.85. The summed E-state index contributed by atoms with van der Waals surface area (Å²) in [5.74, 6) is 1.12. The monoisotopic (exact) mass is 381 g/mol. The fraction of sp³-hybridized carbons (Fsp3) is 0.409. The van der Waals surface area contributed by atoms with E-state index in [0.717, 1.165) is 28.9 Å². The third kappa shape index (κ3) is 3.02. The highest BCUT2D eigenvalue weighted by Crippen LogP contribution is 2.48. The van der Waals surface area contributed by atoms with Crippen LogP contribution in [0.25, 0.3) is 0 Å². The van der Waals surface area contributed by atoms with Gasteiger partial charge in [0.25, 0.3) is 0 Å². The molecule has 4 atom stereocenters. The molecule has 6 heteroatoms. The van der Waals surface area contributed by atoms with E-state index in [2.05, 4.69) is 17.8 Å². The standard InChI is InChI=1S/C22H27N3O3/c1-4-11-25-21(14-6-8-15(28-3)9-7-14)18-19(23-24-20(18)22(25)27)16-12-13(2)5-10-17(16)26/h5-10,12,18-21,23-24,26H,4,11H2,1-3H3. The number of ether oxygens (including phenoxy) is 1. The van der Waals surface area contributed by atoms with Gasteiger partial charge in [-0.15, -0.1) is 0 Å². The summed E-state index contributed by atoms with van der Waals surface area (Å²) in [6.45, 7) is 4.80. The Balaban J connectivity index is 1.77. The van der Waals surface area contributed by atoms with Crippen molar-refractivity contribution in [3.05, 3.63) is 59.2 Å². The van der Waals surface area contributed by atoms with E-state index in [1.165, 1.54) is 0 Å². The highest BCUT2D eigenvalue weighted by atomic mass is 16.5. The Kier molecular flexibility index (Phi) is 5.00. The molecule has 0 radical (unpaired) electrons. The number of amides is 1. The second kappa shape index (κ2) is 7.45. The van der Waals surface area contributed by atoms with Crippen molar-refractivity contribution in [2.75, 3.05) is 13.7 Å². The number of aromatic hydroxyl groups is 1. The summed E-state index contributed by atoms with van der Waals surface area (Å²) < 4.78 is 5.29. The molecule has 2 fully saturated rings. The first kappa shape index (κ1) is 18.8. The molecule has 2 aromatic carbocycles. The van der Waals surface area contributed by atoms with Crippen LogP contribution in [0.15, 0.2) is 42.5 Å². The predicted octanol–water partition coefficient (Wildman–Crippen LogP) is 2.84. The summed E-state index contributed by atoms with van der Waals surface area (Å²) in [6.07, 6.45) is 0.894. The molecule has 0 bridgehead atoms. The number of carbonyl (C=O) groups is 1. The molecule has 0 aromatic heterocycles. The third-order valence-electron chi connectivity index (χ3n) is 5.85. The Labute approximate surface area is 165 Å². The zero-order valence-electron chi connectivity index (χ0n) is 16.5. The number of nitrogens with one attached hydrogen (secondary N) is 2. The summed E-state index contributed by atoms with van der Waals surface area (Å²) in [5, 5.41) is 10.5. The van der Waals surface area contributed by atoms with Crippen LogP contribution >= 0.6 is 0 Å². The number of rotatable bonds is 5. The van der Waals surface area contributed by atoms with E-state index in [9.17, 15) is 9.90 Å². The Morgan fingerprint density at radius 1 is 1.11 bits per heavy atom. The molecule has 3 N–H and O–H groups in total. The van der Waals surface area contributed by atoms with Crippen molar-refractivity contribution in [3.63, 3.8) is 0 Å². The van der Waals surface area contributed by atoms with Crippen molar-refractivity contribution >= 4 is 5.91 Å². The lowest BCUT2D eigenvalue weighted by molar-refractivity contribution is -0.130. The van der Waals surface area contributed by atoms with Crippen LogP contribution in [-0.2, 0) is 4.79 Å². The molecule has 1 amide bonds. The van der Waals surface area contributed by atoms with Crippen LogP contribution in [0.2, 0.25) is 0 Å². The number of phenols is 1. The fourth-order valence-corrected chi connectivity index (χ4v) is 4.58. The van der Waals surface area contributed by atoms with Crippen LogP contribution in [-0.4, -0.2) is 35.6 Å². The average molecular weight is 381 g/mol. The Bertz CT molecular complexity index is 868. The lowest BCUT2D eigenvalue weighted by Gasteiger charge is -2.31. The van der Waals surface area contributed by atoms with E-state index in [0.29, 0.717) is 6.54 Å². The summed E-state index contributed by atoms with van der Waals surface area (Å²) >= 11 is 0. The zero-order chi connectivity index (χ0) is 19.8. The van der Waals surface area contributed by atoms with Gasteiger partial charge in [0.2, 0.25) is 5.91 Å². The number of nitrogens with zero attached hydrogens (tertiary/aromatic N) is 1. The maximum atomic E-state index is 13.1. The van der Waals surface area contributed by atoms with Gasteiger partial charge in [-0.25, -0.2) is 10.9 Å². The quantitative estimate of drug-likeness (QED) is 0.743. The van der Waals surface area contributed by atoms with E-state index in [4.69, 9.17) is 4.74 Å². The Morgan fingerprint density at radius 3 is 2.50 bits per heavy atom. The molecule has 0 saturated carbocycles. The number of fused-ring (bicyclic) bond motifs is 1. The van der Waals surface area contributed by atoms with Crippen LogP contribution in [0.4, 0.5) is 0 Å². The minimum atomic E-state index is -0.316. The maximum Gasteiger partial charge on any atom is 0.242 e. The topological polar surface area (TPSA) is 73.8 Å². The van der Waals surface area contributed by atoms with Gasteiger partial charge in [0, 0.05) is 18.0 Å². The van der Waals surface area contributed by atoms with Gasteiger partial charge >= 0.3 is 0 Å². The van der Waals surface area contributed by atoms with Crippen LogP contribution in [0, 0.1) is 12.8 Å². The lowest BCUT2D eigenvalue weighted by Crippen LogP contribution is -2.41. The molecular weight excluding hydrogens is 354 g/mol. The molecule has 2 aromatic rings. The molecule has 148 valence electrons. The van der Waals surface area contributed by atoms with E-state index < -0.39 is 0 Å². The highest BCUT2D eigenvalue weighted by molar-refractivity contribution is 5.86. The first-order chi connectivity index (χ1) is 13.5. The zero-order valence-corrected chi connectivity index (χ0v) is 16.5. The number of likely N-dealkylation sites (tertiary alicyclic amines) is 1. The van der Waals surface area contributed by atoms with Crippen LogP contribution in [0.3, 0.4) is 0 Å². The number of hydrogen-bond acceptors (Lipinski definition) is 5. The van der Waals surface area contributed by atoms with Crippen molar-refractivity contribution in [2.45, 2.75) is 38.4 Å². The molecule has 4 unspecified atom stereocenters. The van der Waals surface area contributed by atoms with Gasteiger partial charge in [0.15, 0.2) is 0 Å². The van der Waals surface area contributed by atoms with Crippen LogP contribution in [0.5, 0.6) is 11.5 Å². The normalized spacial score (nSPS) is 26.5. The van der Waals surface area contributed by atoms with Crippen molar-refractivity contribution in [1.29, 1.82) is 0 Å². The summed E-state index contributed by atoms with van der Waals surface area (Å²) in [6, 6.07) is 13.0. The molecule has 2 aliphatic heterocycles. The van der Waals surface area contributed by atoms with E-state index >= 15 is 0 Å². The summed E-state index contributed by atoms with van der Waals surface area (Å²) in [7, 11) is 1.65. The van der Waals surface area contributed by atoms with Crippen molar-refractivity contribution in [2.24, 2.45) is 5.92 Å². The van der Waals surface area contributed by atoms with Crippen molar-refractivity contribution < 1.29 is 14.6 Å². The Morgan fingerprint density at radius 2 is 1.82 bits per heavy atom. The number of phenolic OH excluding ortho intramolecular Hbond substituents is 1. The van der Waals surface area contributed by atoms with Crippen LogP contribution in [0.1, 0.15) is 42.1 Å². The lowest BCUT2D eigenvalue weighted by atomic mass is 9.83. The molecule has 2 aliphatic rings. The number of hydrogen-bond donors (Lipinski definition) is 3. The van der Waals surface area contributed by atoms with Gasteiger partial charge < -0.3 is 14.7 Å². The van der Waals surface area contributed by atoms with Crippen LogP contribution < -0.4 is 15.6 Å². The van der Waals surface area contributed by atoms with Gasteiger partial charge in [-0.3, -0.25) is 4.79 Å². The number of carbonyl (C=O) groups excluding carboxylic acids is 1. The predicted molar refractivity (Wildman–Crippen MR) is 107 cm³/mol. The molecule has 2 saturated heterocycles. The van der Waals surface area contributed by atoms with E-state index in [1.807, 2.05) is 48.2 Å². The molecule has 28 heavy (non-hydrogen) atoms. The molecule has 4 rings (SSSR count). The molecule has 6 nitrogen and oxygen atoms in total. The maximum absolute atomic E-state index is 13.1. The Hall–Kier alpha value is -2.57.